The van der Waals surface area contributed by atoms with E-state index in [9.17, 15) is 0 Å². The lowest BCUT2D eigenvalue weighted by molar-refractivity contribution is 0.201. The molecule has 3 rings (SSSR count). The predicted molar refractivity (Wildman–Crippen MR) is 317 cm³/mol. The van der Waals surface area contributed by atoms with Crippen molar-refractivity contribution in [3.63, 3.8) is 0 Å². The lowest BCUT2D eigenvalue weighted by Gasteiger charge is -2.32. The molecule has 0 radical (unpaired) electrons. The smallest absolute Gasteiger partial charge is 0.0354 e. The van der Waals surface area contributed by atoms with Gasteiger partial charge in [-0.1, -0.05) is 346 Å². The molecule has 0 amide bonds. The van der Waals surface area contributed by atoms with Gasteiger partial charge >= 0.3 is 0 Å². The van der Waals surface area contributed by atoms with Gasteiger partial charge in [-0.3, -0.25) is 0 Å². The first kappa shape index (κ1) is 77.5. The first-order valence-electron chi connectivity index (χ1n) is 30.9. The Morgan fingerprint density at radius 2 is 0.788 bits per heavy atom. The van der Waals surface area contributed by atoms with Crippen molar-refractivity contribution >= 4 is 0 Å². The fraction of sp³-hybridized carbons (Fsp3) is 1.00. The van der Waals surface area contributed by atoms with E-state index in [-0.39, 0.29) is 0 Å². The van der Waals surface area contributed by atoms with Crippen LogP contribution in [0, 0.1) is 64.1 Å². The normalized spacial score (nSPS) is 16.1. The largest absolute Gasteiger partial charge is 0.0654 e. The second kappa shape index (κ2) is 55.9. The molecule has 0 aromatic rings. The van der Waals surface area contributed by atoms with Gasteiger partial charge in [0.05, 0.1) is 0 Å². The van der Waals surface area contributed by atoms with Gasteiger partial charge in [0.2, 0.25) is 0 Å². The summed E-state index contributed by atoms with van der Waals surface area (Å²) in [5, 5.41) is 0. The third-order valence-electron chi connectivity index (χ3n) is 14.8. The molecule has 0 heteroatoms. The minimum Gasteiger partial charge on any atom is -0.0654 e. The zero-order valence-corrected chi connectivity index (χ0v) is 52.4. The van der Waals surface area contributed by atoms with Crippen LogP contribution in [0.2, 0.25) is 0 Å². The van der Waals surface area contributed by atoms with Crippen molar-refractivity contribution in [1.82, 2.24) is 0 Å². The summed E-state index contributed by atoms with van der Waals surface area (Å²) >= 11 is 0. The van der Waals surface area contributed by atoms with Gasteiger partial charge in [-0.05, 0) is 83.4 Å². The first-order chi connectivity index (χ1) is 30.9. The van der Waals surface area contributed by atoms with E-state index >= 15 is 0 Å². The first-order valence-corrected chi connectivity index (χ1v) is 30.9. The summed E-state index contributed by atoms with van der Waals surface area (Å²) in [6.07, 6.45) is 42.3. The van der Waals surface area contributed by atoms with E-state index in [1.54, 1.807) is 0 Å². The fourth-order valence-electron chi connectivity index (χ4n) is 8.49. The fourth-order valence-corrected chi connectivity index (χ4v) is 8.49. The summed E-state index contributed by atoms with van der Waals surface area (Å²) in [6, 6.07) is 0. The molecule has 3 fully saturated rings. The number of unbranched alkanes of at least 4 members (excludes halogenated alkanes) is 6. The van der Waals surface area contributed by atoms with Crippen LogP contribution >= 0.6 is 0 Å². The van der Waals surface area contributed by atoms with Crippen LogP contribution < -0.4 is 0 Å². The van der Waals surface area contributed by atoms with E-state index in [4.69, 9.17) is 0 Å². The highest BCUT2D eigenvalue weighted by molar-refractivity contribution is 4.76. The van der Waals surface area contributed by atoms with Crippen molar-refractivity contribution in [2.45, 2.75) is 366 Å². The van der Waals surface area contributed by atoms with Gasteiger partial charge in [0.15, 0.2) is 0 Å². The summed E-state index contributed by atoms with van der Waals surface area (Å²) in [5.41, 5.74) is 1.21. The Hall–Kier alpha value is 0. The molecule has 66 heavy (non-hydrogen) atoms. The number of hydrogen-bond donors (Lipinski definition) is 0. The van der Waals surface area contributed by atoms with E-state index in [2.05, 4.69) is 173 Å². The van der Waals surface area contributed by atoms with E-state index in [0.717, 1.165) is 53.3 Å². The van der Waals surface area contributed by atoms with Crippen molar-refractivity contribution in [3.05, 3.63) is 0 Å². The van der Waals surface area contributed by atoms with Crippen molar-refractivity contribution in [3.8, 4) is 0 Å². The Kier molecular flexibility index (Phi) is 65.6. The van der Waals surface area contributed by atoms with Crippen LogP contribution in [0.25, 0.3) is 0 Å². The monoisotopic (exact) mass is 937 g/mol. The second-order valence-electron chi connectivity index (χ2n) is 25.4. The lowest BCUT2D eigenvalue weighted by atomic mass is 9.74. The van der Waals surface area contributed by atoms with Crippen LogP contribution in [0.4, 0.5) is 0 Å². The highest BCUT2D eigenvalue weighted by atomic mass is 14.3. The molecule has 3 aliphatic rings. The van der Waals surface area contributed by atoms with Gasteiger partial charge in [-0.15, -0.1) is 0 Å². The maximum absolute atomic E-state index is 2.39. The topological polar surface area (TPSA) is 0 Å². The Morgan fingerprint density at radius 1 is 0.424 bits per heavy atom. The Labute approximate surface area is 427 Å². The molecular weight excluding hydrogens is 793 g/mol. The highest BCUT2D eigenvalue weighted by Crippen LogP contribution is 2.37. The summed E-state index contributed by atoms with van der Waals surface area (Å²) in [7, 11) is 0. The molecule has 0 aliphatic heterocycles. The molecular formula is C66H144. The summed E-state index contributed by atoms with van der Waals surface area (Å²) in [5.74, 6) is 8.78. The van der Waals surface area contributed by atoms with E-state index in [1.165, 1.54) is 193 Å². The zero-order chi connectivity index (χ0) is 52.4. The van der Waals surface area contributed by atoms with Gasteiger partial charge in [-0.25, -0.2) is 0 Å². The average Bonchev–Trinajstić information content (AvgIpc) is 3.78. The van der Waals surface area contributed by atoms with Gasteiger partial charge in [0, 0.05) is 0 Å². The van der Waals surface area contributed by atoms with Crippen LogP contribution in [0.1, 0.15) is 366 Å². The van der Waals surface area contributed by atoms with Crippen LogP contribution in [0.15, 0.2) is 0 Å². The predicted octanol–water partition coefficient (Wildman–Crippen LogP) is 25.6. The molecule has 0 bridgehead atoms. The SMILES string of the molecule is CC(C)C1CCC1.CC(C)C1CCCC1.CC1CCC(C)(C)CC1.CCC(CC)CC.CCCC(C)(C)C.CCCCC(C)C.CCCCC(C)C.CCCCCCC.CCC[C@H](C)CC. The van der Waals surface area contributed by atoms with Gasteiger partial charge < -0.3 is 0 Å². The summed E-state index contributed by atoms with van der Waals surface area (Å²) < 4.78 is 0. The van der Waals surface area contributed by atoms with Crippen LogP contribution in [0.3, 0.4) is 0 Å². The minimum atomic E-state index is 0.550. The standard InChI is InChI=1S/C9H18.C8H16.C7H14.6C7H16/c1-8-4-6-9(2,3)7-5-8;1-7(2)8-5-3-4-6-8;1-6(2)7-4-3-5-7;1-5-6-7(2,3)4;2*1-4-5-6-7(2)3;1-4-6-7(3)5-2;1-4-7(5-2)6-3;1-3-5-7-6-4-2/h8H,4-7H2,1-3H3;7-8H,3-6H2,1-2H3;6-7H,3-5H2,1-2H3;5-6H2,1-4H3;4*7H,4-6H2,1-3H3;3-7H2,1-2H3/t;;;;;;7-;;/m......1../s1. The van der Waals surface area contributed by atoms with Crippen molar-refractivity contribution < 1.29 is 0 Å². The van der Waals surface area contributed by atoms with Gasteiger partial charge in [0.25, 0.3) is 0 Å². The van der Waals surface area contributed by atoms with Crippen LogP contribution in [0.5, 0.6) is 0 Å². The Balaban J connectivity index is -0.000000154. The summed E-state index contributed by atoms with van der Waals surface area (Å²) in [6.45, 7) is 57.2. The molecule has 0 heterocycles. The number of hydrogen-bond acceptors (Lipinski definition) is 0. The lowest BCUT2D eigenvalue weighted by Crippen LogP contribution is -2.19. The quantitative estimate of drug-likeness (QED) is 0.113. The summed E-state index contributed by atoms with van der Waals surface area (Å²) in [4.78, 5) is 0. The zero-order valence-electron chi connectivity index (χ0n) is 52.4. The molecule has 408 valence electrons. The third-order valence-corrected chi connectivity index (χ3v) is 14.8. The molecule has 0 nitrogen and oxygen atoms in total. The van der Waals surface area contributed by atoms with Crippen molar-refractivity contribution in [1.29, 1.82) is 0 Å². The molecule has 3 saturated carbocycles. The molecule has 0 spiro atoms. The molecule has 1 atom stereocenters. The van der Waals surface area contributed by atoms with E-state index in [0.29, 0.717) is 10.8 Å². The third kappa shape index (κ3) is 70.6. The van der Waals surface area contributed by atoms with Crippen LogP contribution in [-0.4, -0.2) is 0 Å². The maximum atomic E-state index is 2.39. The molecule has 0 unspecified atom stereocenters. The highest BCUT2D eigenvalue weighted by Gasteiger charge is 2.24. The minimum absolute atomic E-state index is 0.550. The van der Waals surface area contributed by atoms with Gasteiger partial charge in [-0.2, -0.15) is 0 Å². The Bertz CT molecular complexity index is 773. The van der Waals surface area contributed by atoms with Gasteiger partial charge in [0.1, 0.15) is 0 Å². The van der Waals surface area contributed by atoms with Crippen molar-refractivity contribution in [2.75, 3.05) is 0 Å². The second-order valence-corrected chi connectivity index (χ2v) is 25.4. The maximum Gasteiger partial charge on any atom is -0.0354 e. The van der Waals surface area contributed by atoms with E-state index < -0.39 is 0 Å². The molecule has 0 N–H and O–H groups in total. The van der Waals surface area contributed by atoms with Crippen molar-refractivity contribution in [2.24, 2.45) is 64.1 Å². The molecule has 0 aromatic heterocycles. The Morgan fingerprint density at radius 3 is 0.924 bits per heavy atom. The number of rotatable bonds is 19. The molecule has 0 aromatic carbocycles. The molecule has 0 saturated heterocycles. The van der Waals surface area contributed by atoms with Crippen LogP contribution in [-0.2, 0) is 0 Å². The molecule has 3 aliphatic carbocycles. The average molecular weight is 938 g/mol. The van der Waals surface area contributed by atoms with E-state index in [1.807, 2.05) is 0 Å².